The molecule has 0 amide bonds. The third-order valence-electron chi connectivity index (χ3n) is 3.00. The van der Waals surface area contributed by atoms with Gasteiger partial charge in [-0.1, -0.05) is 18.2 Å². The van der Waals surface area contributed by atoms with Crippen molar-refractivity contribution >= 4 is 10.9 Å². The highest BCUT2D eigenvalue weighted by atomic mass is 16.3. The summed E-state index contributed by atoms with van der Waals surface area (Å²) in [6.45, 7) is 2.38. The predicted molar refractivity (Wildman–Crippen MR) is 66.4 cm³/mol. The first-order chi connectivity index (χ1) is 7.56. The minimum atomic E-state index is -0.838. The van der Waals surface area contributed by atoms with Crippen LogP contribution in [0.3, 0.4) is 0 Å². The Morgan fingerprint density at radius 1 is 1.38 bits per heavy atom. The maximum absolute atomic E-state index is 10.4. The van der Waals surface area contributed by atoms with Crippen LogP contribution in [-0.4, -0.2) is 23.3 Å². The van der Waals surface area contributed by atoms with Crippen LogP contribution in [0.2, 0.25) is 0 Å². The summed E-state index contributed by atoms with van der Waals surface area (Å²) in [6.07, 6.45) is 2.00. The van der Waals surface area contributed by atoms with Crippen LogP contribution in [0.5, 0.6) is 0 Å². The van der Waals surface area contributed by atoms with Gasteiger partial charge in [0.05, 0.1) is 0 Å². The second-order valence-corrected chi connectivity index (χ2v) is 4.48. The van der Waals surface area contributed by atoms with E-state index in [1.165, 1.54) is 0 Å². The van der Waals surface area contributed by atoms with Gasteiger partial charge in [-0.2, -0.15) is 0 Å². The quantitative estimate of drug-likeness (QED) is 0.821. The molecule has 0 saturated heterocycles. The van der Waals surface area contributed by atoms with Crippen molar-refractivity contribution in [3.63, 3.8) is 0 Å². The van der Waals surface area contributed by atoms with E-state index in [0.29, 0.717) is 6.54 Å². The van der Waals surface area contributed by atoms with E-state index >= 15 is 0 Å². The van der Waals surface area contributed by atoms with E-state index in [-0.39, 0.29) is 0 Å². The topological polar surface area (TPSA) is 37.2 Å². The van der Waals surface area contributed by atoms with E-state index in [2.05, 4.69) is 22.0 Å². The first kappa shape index (κ1) is 11.2. The Bertz CT molecular complexity index is 500. The van der Waals surface area contributed by atoms with Crippen molar-refractivity contribution in [3.8, 4) is 0 Å². The van der Waals surface area contributed by atoms with Crippen molar-refractivity contribution < 1.29 is 5.11 Å². The lowest BCUT2D eigenvalue weighted by Crippen LogP contribution is -2.33. The molecule has 16 heavy (non-hydrogen) atoms. The summed E-state index contributed by atoms with van der Waals surface area (Å²) < 4.78 is 2.05. The number of nitrogens with one attached hydrogen (secondary N) is 1. The number of hydrogen-bond acceptors (Lipinski definition) is 2. The van der Waals surface area contributed by atoms with Crippen LogP contribution < -0.4 is 5.32 Å². The molecule has 1 aromatic carbocycles. The molecule has 1 unspecified atom stereocenters. The average molecular weight is 218 g/mol. The smallest absolute Gasteiger partial charge is 0.101 e. The number of rotatable bonds is 3. The van der Waals surface area contributed by atoms with Crippen molar-refractivity contribution in [2.75, 3.05) is 13.6 Å². The van der Waals surface area contributed by atoms with Crippen LogP contribution in [0.1, 0.15) is 12.5 Å². The van der Waals surface area contributed by atoms with Crippen LogP contribution in [0, 0.1) is 0 Å². The van der Waals surface area contributed by atoms with Gasteiger partial charge in [-0.3, -0.25) is 0 Å². The molecule has 2 rings (SSSR count). The van der Waals surface area contributed by atoms with Gasteiger partial charge in [0, 0.05) is 36.3 Å². The summed E-state index contributed by atoms with van der Waals surface area (Å²) >= 11 is 0. The summed E-state index contributed by atoms with van der Waals surface area (Å²) in [7, 11) is 3.85. The molecule has 0 spiro atoms. The molecule has 1 aromatic heterocycles. The Hall–Kier alpha value is -1.32. The minimum absolute atomic E-state index is 0.543. The van der Waals surface area contributed by atoms with Gasteiger partial charge in [-0.05, 0) is 20.0 Å². The van der Waals surface area contributed by atoms with Gasteiger partial charge < -0.3 is 15.0 Å². The monoisotopic (exact) mass is 218 g/mol. The molecular weight excluding hydrogens is 200 g/mol. The molecule has 0 saturated carbocycles. The number of nitrogens with zero attached hydrogens (tertiary/aromatic N) is 1. The summed E-state index contributed by atoms with van der Waals surface area (Å²) in [6, 6.07) is 8.13. The number of benzene rings is 1. The van der Waals surface area contributed by atoms with Gasteiger partial charge in [-0.25, -0.2) is 0 Å². The Morgan fingerprint density at radius 2 is 2.06 bits per heavy atom. The fraction of sp³-hybridized carbons (Fsp3) is 0.385. The van der Waals surface area contributed by atoms with Crippen LogP contribution in [0.15, 0.2) is 30.5 Å². The van der Waals surface area contributed by atoms with Gasteiger partial charge in [0.2, 0.25) is 0 Å². The van der Waals surface area contributed by atoms with Gasteiger partial charge in [-0.15, -0.1) is 0 Å². The molecular formula is C13H18N2O. The first-order valence-electron chi connectivity index (χ1n) is 5.48. The fourth-order valence-corrected chi connectivity index (χ4v) is 2.21. The number of aryl methyl sites for hydroxylation is 1. The molecule has 1 heterocycles. The normalized spacial score (nSPS) is 15.2. The first-order valence-corrected chi connectivity index (χ1v) is 5.48. The highest BCUT2D eigenvalue weighted by Gasteiger charge is 2.25. The molecule has 2 aromatic rings. The second kappa shape index (κ2) is 3.92. The van der Waals surface area contributed by atoms with E-state index in [9.17, 15) is 5.11 Å². The molecule has 0 aliphatic carbocycles. The van der Waals surface area contributed by atoms with Crippen LogP contribution >= 0.6 is 0 Å². The van der Waals surface area contributed by atoms with Crippen LogP contribution in [0.25, 0.3) is 10.9 Å². The molecule has 0 radical (unpaired) electrons. The Morgan fingerprint density at radius 3 is 2.75 bits per heavy atom. The second-order valence-electron chi connectivity index (χ2n) is 4.48. The van der Waals surface area contributed by atoms with Crippen LogP contribution in [0.4, 0.5) is 0 Å². The molecule has 86 valence electrons. The highest BCUT2D eigenvalue weighted by Crippen LogP contribution is 2.29. The van der Waals surface area contributed by atoms with Crippen molar-refractivity contribution in [3.05, 3.63) is 36.0 Å². The van der Waals surface area contributed by atoms with E-state index < -0.39 is 5.60 Å². The third-order valence-corrected chi connectivity index (χ3v) is 3.00. The van der Waals surface area contributed by atoms with Crippen molar-refractivity contribution in [1.29, 1.82) is 0 Å². The lowest BCUT2D eigenvalue weighted by Gasteiger charge is -2.22. The molecule has 0 aliphatic rings. The number of aromatic nitrogens is 1. The van der Waals surface area contributed by atoms with Gasteiger partial charge in [0.25, 0.3) is 0 Å². The molecule has 3 nitrogen and oxygen atoms in total. The molecule has 0 fully saturated rings. The van der Waals surface area contributed by atoms with E-state index in [0.717, 1.165) is 16.5 Å². The van der Waals surface area contributed by atoms with E-state index in [1.807, 2.05) is 39.3 Å². The van der Waals surface area contributed by atoms with Crippen molar-refractivity contribution in [2.45, 2.75) is 12.5 Å². The number of hydrogen-bond donors (Lipinski definition) is 2. The molecule has 1 atom stereocenters. The zero-order valence-electron chi connectivity index (χ0n) is 9.99. The van der Waals surface area contributed by atoms with Gasteiger partial charge in [0.1, 0.15) is 5.60 Å². The summed E-state index contributed by atoms with van der Waals surface area (Å²) in [5.41, 5.74) is 1.28. The summed E-state index contributed by atoms with van der Waals surface area (Å²) in [4.78, 5) is 0. The Balaban J connectivity index is 2.61. The predicted octanol–water partition coefficient (Wildman–Crippen LogP) is 1.61. The van der Waals surface area contributed by atoms with Crippen molar-refractivity contribution in [2.24, 2.45) is 7.05 Å². The number of aliphatic hydroxyl groups is 1. The average Bonchev–Trinajstić information content (AvgIpc) is 2.58. The summed E-state index contributed by atoms with van der Waals surface area (Å²) in [5.74, 6) is 0. The highest BCUT2D eigenvalue weighted by molar-refractivity contribution is 5.84. The molecule has 0 bridgehead atoms. The SMILES string of the molecule is CNCC(C)(O)c1cn(C)c2ccccc12. The Labute approximate surface area is 95.7 Å². The van der Waals surface area contributed by atoms with E-state index in [4.69, 9.17) is 0 Å². The number of para-hydroxylation sites is 1. The maximum Gasteiger partial charge on any atom is 0.101 e. The lowest BCUT2D eigenvalue weighted by atomic mass is 9.95. The molecule has 0 aliphatic heterocycles. The fourth-order valence-electron chi connectivity index (χ4n) is 2.21. The van der Waals surface area contributed by atoms with E-state index in [1.54, 1.807) is 0 Å². The maximum atomic E-state index is 10.4. The largest absolute Gasteiger partial charge is 0.384 e. The molecule has 2 N–H and O–H groups in total. The number of fused-ring (bicyclic) bond motifs is 1. The standard InChI is InChI=1S/C13H18N2O/c1-13(16,9-14-2)11-8-15(3)12-7-5-4-6-10(11)12/h4-8,14,16H,9H2,1-3H3. The third kappa shape index (κ3) is 1.72. The summed E-state index contributed by atoms with van der Waals surface area (Å²) in [5, 5.41) is 14.6. The van der Waals surface area contributed by atoms with Crippen molar-refractivity contribution in [1.82, 2.24) is 9.88 Å². The zero-order chi connectivity index (χ0) is 11.8. The van der Waals surface area contributed by atoms with Gasteiger partial charge >= 0.3 is 0 Å². The molecule has 3 heteroatoms. The lowest BCUT2D eigenvalue weighted by molar-refractivity contribution is 0.0605. The Kier molecular flexibility index (Phi) is 2.74. The van der Waals surface area contributed by atoms with Gasteiger partial charge in [0.15, 0.2) is 0 Å². The van der Waals surface area contributed by atoms with Crippen LogP contribution in [-0.2, 0) is 12.6 Å². The minimum Gasteiger partial charge on any atom is -0.384 e. The zero-order valence-corrected chi connectivity index (χ0v) is 9.99. The number of likely N-dealkylation sites (N-methyl/N-ethyl adjacent to an activating group) is 1.